The van der Waals surface area contributed by atoms with Gasteiger partial charge in [-0.05, 0) is 122 Å². The fourth-order valence-corrected chi connectivity index (χ4v) is 6.92. The molecule has 28 nitrogen and oxygen atoms in total. The van der Waals surface area contributed by atoms with Crippen LogP contribution in [0.2, 0.25) is 0 Å². The van der Waals surface area contributed by atoms with Gasteiger partial charge in [0.25, 0.3) is 23.6 Å². The molecular formula is C57H68N16O12. The molecule has 4 aromatic carbocycles. The Kier molecular flexibility index (Phi) is 42.1. The number of carbonyl (C=O) groups excluding carboxylic acids is 12. The predicted octanol–water partition coefficient (Wildman–Crippen LogP) is 9.74. The first-order valence-corrected chi connectivity index (χ1v) is 26.1. The van der Waals surface area contributed by atoms with E-state index in [0.29, 0.717) is 198 Å². The number of carbonyl (C=O) groups is 12. The van der Waals surface area contributed by atoms with Crippen LogP contribution >= 0.6 is 0 Å². The largest absolute Gasteiger partial charge is 0.343 e. The quantitative estimate of drug-likeness (QED) is 0.0109. The first-order valence-electron chi connectivity index (χ1n) is 26.1. The summed E-state index contributed by atoms with van der Waals surface area (Å²) in [5.41, 5.74) is 36.0. The maximum absolute atomic E-state index is 11.9. The molecule has 0 spiro atoms. The number of rotatable bonds is 36. The number of amides is 4. The summed E-state index contributed by atoms with van der Waals surface area (Å²) in [4.78, 5) is 144. The summed E-state index contributed by atoms with van der Waals surface area (Å²) in [6, 6.07) is 22.3. The van der Waals surface area contributed by atoms with Gasteiger partial charge < -0.3 is 40.4 Å². The molecule has 0 aliphatic heterocycles. The summed E-state index contributed by atoms with van der Waals surface area (Å²) >= 11 is 0. The molecule has 0 saturated heterocycles. The van der Waals surface area contributed by atoms with Crippen LogP contribution in [0.15, 0.2) is 118 Å². The molecule has 448 valence electrons. The van der Waals surface area contributed by atoms with Crippen molar-refractivity contribution in [2.75, 3.05) is 26.2 Å². The number of hydrogen-bond acceptors (Lipinski definition) is 16. The second-order valence-electron chi connectivity index (χ2n) is 17.6. The molecule has 28 heteroatoms. The Labute approximate surface area is 489 Å². The van der Waals surface area contributed by atoms with Crippen molar-refractivity contribution in [3.63, 3.8) is 0 Å². The molecule has 0 heterocycles. The monoisotopic (exact) mass is 1170 g/mol. The van der Waals surface area contributed by atoms with E-state index in [-0.39, 0.29) is 31.1 Å². The normalized spacial score (nSPS) is 10.9. The van der Waals surface area contributed by atoms with Crippen molar-refractivity contribution in [2.24, 2.45) is 20.5 Å². The second kappa shape index (κ2) is 48.1. The Bertz CT molecular complexity index is 2540. The standard InChI is InChI=1S/4C14H16N4O3.CH4/c4*15-18-16-8-2-1-3-13(10-20)17-14(21)12-6-4-11(9-19)5-7-12;/h4*4-7,9-10,13H,1-3,8H2,(H,17,21);1H4/t4*13-;/m0000./s1. The molecule has 0 aliphatic carbocycles. The van der Waals surface area contributed by atoms with Crippen LogP contribution in [0.5, 0.6) is 0 Å². The molecule has 4 amide bonds. The van der Waals surface area contributed by atoms with Crippen LogP contribution in [0.3, 0.4) is 0 Å². The summed E-state index contributed by atoms with van der Waals surface area (Å²) in [6.45, 7) is 1.51. The van der Waals surface area contributed by atoms with Crippen LogP contribution in [0.4, 0.5) is 0 Å². The molecule has 85 heavy (non-hydrogen) atoms. The zero-order chi connectivity index (χ0) is 62.0. The summed E-state index contributed by atoms with van der Waals surface area (Å²) < 4.78 is 0. The minimum Gasteiger partial charge on any atom is -0.343 e. The average Bonchev–Trinajstić information content (AvgIpc) is 3.66. The number of benzene rings is 4. The lowest BCUT2D eigenvalue weighted by Gasteiger charge is -2.12. The zero-order valence-corrected chi connectivity index (χ0v) is 45.7. The minimum atomic E-state index is -0.575. The van der Waals surface area contributed by atoms with Crippen molar-refractivity contribution in [3.8, 4) is 0 Å². The van der Waals surface area contributed by atoms with Gasteiger partial charge in [0.1, 0.15) is 50.3 Å². The third kappa shape index (κ3) is 33.7. The lowest BCUT2D eigenvalue weighted by molar-refractivity contribution is -0.110. The van der Waals surface area contributed by atoms with Crippen LogP contribution in [0.1, 0.15) is 167 Å². The Balaban J connectivity index is 0.00000110. The maximum Gasteiger partial charge on any atom is 0.251 e. The van der Waals surface area contributed by atoms with E-state index in [4.69, 9.17) is 22.1 Å². The average molecular weight is 1170 g/mol. The van der Waals surface area contributed by atoms with Gasteiger partial charge in [-0.2, -0.15) is 0 Å². The van der Waals surface area contributed by atoms with E-state index in [0.717, 1.165) is 0 Å². The van der Waals surface area contributed by atoms with Gasteiger partial charge in [0, 0.05) is 90.3 Å². The van der Waals surface area contributed by atoms with Crippen LogP contribution in [0, 0.1) is 0 Å². The number of azide groups is 4. The second-order valence-corrected chi connectivity index (χ2v) is 17.6. The van der Waals surface area contributed by atoms with Crippen molar-refractivity contribution >= 4 is 73.9 Å². The van der Waals surface area contributed by atoms with Crippen LogP contribution in [-0.4, -0.2) is 124 Å². The van der Waals surface area contributed by atoms with Gasteiger partial charge in [0.15, 0.2) is 0 Å². The molecular weight excluding hydrogens is 1100 g/mol. The van der Waals surface area contributed by atoms with E-state index in [1.807, 2.05) is 0 Å². The molecule has 0 saturated carbocycles. The lowest BCUT2D eigenvalue weighted by Crippen LogP contribution is -2.36. The van der Waals surface area contributed by atoms with Gasteiger partial charge in [-0.3, -0.25) is 38.4 Å². The molecule has 0 bridgehead atoms. The number of hydrogen-bond donors (Lipinski definition) is 4. The van der Waals surface area contributed by atoms with E-state index in [1.165, 1.54) is 97.1 Å². The highest BCUT2D eigenvalue weighted by molar-refractivity contribution is 5.98. The highest BCUT2D eigenvalue weighted by Crippen LogP contribution is 2.10. The van der Waals surface area contributed by atoms with Gasteiger partial charge in [0.05, 0.1) is 24.2 Å². The van der Waals surface area contributed by atoms with E-state index >= 15 is 0 Å². The van der Waals surface area contributed by atoms with Gasteiger partial charge in [-0.15, -0.1) is 0 Å². The predicted molar refractivity (Wildman–Crippen MR) is 315 cm³/mol. The van der Waals surface area contributed by atoms with E-state index in [1.54, 1.807) is 0 Å². The SMILES string of the molecule is C.[N-]=[N+]=NCCCC[C@@H](C=O)NC(=O)c1ccc(C=O)cc1.[N-]=[N+]=NCCCC[C@@H](C=O)NC(=O)c1ccc(C=O)cc1.[N-]=[N+]=NCCCC[C@@H](C=O)NC(=O)c1ccc(C=O)cc1.[N-]=[N+]=NCCCC[C@@H](C=O)NC(=O)c1ccc(C=O)cc1. The van der Waals surface area contributed by atoms with Crippen LogP contribution < -0.4 is 21.3 Å². The Morgan fingerprint density at radius 1 is 0.329 bits per heavy atom. The van der Waals surface area contributed by atoms with Crippen molar-refractivity contribution in [1.82, 2.24) is 21.3 Å². The Morgan fingerprint density at radius 3 is 0.647 bits per heavy atom. The molecule has 0 radical (unpaired) electrons. The lowest BCUT2D eigenvalue weighted by atomic mass is 10.1. The summed E-state index contributed by atoms with van der Waals surface area (Å²) in [6.07, 6.45) is 12.8. The molecule has 0 aromatic heterocycles. The first-order chi connectivity index (χ1) is 40.8. The first kappa shape index (κ1) is 74.4. The van der Waals surface area contributed by atoms with Gasteiger partial charge in [0.2, 0.25) is 0 Å². The number of aldehydes is 8. The zero-order valence-electron chi connectivity index (χ0n) is 45.7. The third-order valence-corrected chi connectivity index (χ3v) is 11.5. The van der Waals surface area contributed by atoms with Gasteiger partial charge in [-0.1, -0.05) is 102 Å². The smallest absolute Gasteiger partial charge is 0.251 e. The van der Waals surface area contributed by atoms with Crippen molar-refractivity contribution in [2.45, 2.75) is 109 Å². The maximum atomic E-state index is 11.9. The highest BCUT2D eigenvalue weighted by Gasteiger charge is 2.16. The molecule has 0 aliphatic rings. The van der Waals surface area contributed by atoms with Gasteiger partial charge >= 0.3 is 0 Å². The fourth-order valence-electron chi connectivity index (χ4n) is 6.92. The Hall–Kier alpha value is -10.6. The number of unbranched alkanes of at least 4 members (excludes halogenated alkanes) is 4. The minimum absolute atomic E-state index is 0. The summed E-state index contributed by atoms with van der Waals surface area (Å²) in [5, 5.41) is 24.0. The van der Waals surface area contributed by atoms with E-state index < -0.39 is 24.2 Å². The summed E-state index contributed by atoms with van der Waals surface area (Å²) in [7, 11) is 0. The Morgan fingerprint density at radius 2 is 0.506 bits per heavy atom. The van der Waals surface area contributed by atoms with Crippen molar-refractivity contribution in [1.29, 1.82) is 0 Å². The molecule has 4 N–H and O–H groups in total. The molecule has 0 fully saturated rings. The van der Waals surface area contributed by atoms with E-state index in [9.17, 15) is 57.5 Å². The van der Waals surface area contributed by atoms with E-state index in [2.05, 4.69) is 61.4 Å². The van der Waals surface area contributed by atoms with Gasteiger partial charge in [-0.25, -0.2) is 0 Å². The number of nitrogens with zero attached hydrogens (tertiary/aromatic N) is 12. The topological polar surface area (TPSA) is 448 Å². The molecule has 4 atom stereocenters. The molecule has 0 unspecified atom stereocenters. The molecule has 4 rings (SSSR count). The summed E-state index contributed by atoms with van der Waals surface area (Å²) in [5.74, 6) is -1.45. The molecule has 4 aromatic rings. The highest BCUT2D eigenvalue weighted by atomic mass is 16.2. The fraction of sp³-hybridized carbons (Fsp3) is 0.368. The number of nitrogens with one attached hydrogen (secondary N) is 4. The van der Waals surface area contributed by atoms with Crippen molar-refractivity contribution < 1.29 is 57.5 Å². The third-order valence-electron chi connectivity index (χ3n) is 11.5. The van der Waals surface area contributed by atoms with Crippen LogP contribution in [0.25, 0.3) is 41.8 Å². The van der Waals surface area contributed by atoms with Crippen molar-refractivity contribution in [3.05, 3.63) is 183 Å². The van der Waals surface area contributed by atoms with Crippen LogP contribution in [-0.2, 0) is 19.2 Å².